The normalized spacial score (nSPS) is 20.8. The molecule has 0 saturated carbocycles. The second-order valence-corrected chi connectivity index (χ2v) is 25.5. The number of rotatable bonds is 2. The fourth-order valence-electron chi connectivity index (χ4n) is 24.7. The van der Waals surface area contributed by atoms with Crippen LogP contribution in [0.25, 0.3) is 291 Å². The van der Waals surface area contributed by atoms with Gasteiger partial charge in [-0.05, 0) is 331 Å². The van der Waals surface area contributed by atoms with E-state index in [2.05, 4.69) is 43.3 Å². The van der Waals surface area contributed by atoms with E-state index < -0.39 is 0 Å². The Morgan fingerprint density at radius 1 is 0.232 bits per heavy atom. The molecule has 4 aliphatic carbocycles. The molecule has 0 aliphatic heterocycles. The van der Waals surface area contributed by atoms with Crippen molar-refractivity contribution in [3.05, 3.63) is 52.1 Å². The summed E-state index contributed by atoms with van der Waals surface area (Å²) >= 11 is 0. The summed E-state index contributed by atoms with van der Waals surface area (Å²) < 4.78 is 0. The minimum Gasteiger partial charge on any atom is -0.378 e. The van der Waals surface area contributed by atoms with Gasteiger partial charge < -0.3 is 4.90 Å². The van der Waals surface area contributed by atoms with Gasteiger partial charge in [0.2, 0.25) is 0 Å². The molecule has 0 saturated heterocycles. The molecule has 0 bridgehead atoms. The van der Waals surface area contributed by atoms with E-state index in [9.17, 15) is 0 Å². The van der Waals surface area contributed by atoms with Crippen LogP contribution in [0.1, 0.15) is 33.7 Å². The molecule has 0 heterocycles. The van der Waals surface area contributed by atoms with E-state index in [-0.39, 0.29) is 11.3 Å². The van der Waals surface area contributed by atoms with E-state index in [1.54, 1.807) is 313 Å². The van der Waals surface area contributed by atoms with Crippen LogP contribution in [-0.2, 0) is 5.41 Å². The lowest BCUT2D eigenvalue weighted by atomic mass is 9.55. The van der Waals surface area contributed by atoms with Crippen LogP contribution in [0, 0.1) is 0 Å². The lowest BCUT2D eigenvalue weighted by Crippen LogP contribution is -2.38. The average Bonchev–Trinajstić information content (AvgIpc) is 4.25. The highest BCUT2D eigenvalue weighted by Gasteiger charge is 2.63. The number of nitrogens with zero attached hydrogens (tertiary/aromatic N) is 1. The van der Waals surface area contributed by atoms with Crippen molar-refractivity contribution in [2.24, 2.45) is 0 Å². The van der Waals surface area contributed by atoms with Crippen molar-refractivity contribution in [2.75, 3.05) is 19.0 Å². The lowest BCUT2D eigenvalue weighted by Gasteiger charge is -2.46. The third-order valence-electron chi connectivity index (χ3n) is 25.0. The smallest absolute Gasteiger partial charge is 0.0586 e. The summed E-state index contributed by atoms with van der Waals surface area (Å²) in [4.78, 5) is 2.32. The molecule has 0 amide bonds. The van der Waals surface area contributed by atoms with E-state index in [0.29, 0.717) is 0 Å². The van der Waals surface area contributed by atoms with Crippen molar-refractivity contribution >= 4 is 297 Å². The number of hydrogen-bond donors (Lipinski definition) is 0. The largest absolute Gasteiger partial charge is 0.378 e. The Labute approximate surface area is 377 Å². The Kier molecular flexibility index (Phi) is 2.14. The van der Waals surface area contributed by atoms with Crippen LogP contribution in [0.5, 0.6) is 0 Å². The minimum absolute atomic E-state index is 0.230. The van der Waals surface area contributed by atoms with Gasteiger partial charge in [-0.25, -0.2) is 0 Å². The average molecular weight is 842 g/mol. The molecule has 0 spiro atoms. The zero-order chi connectivity index (χ0) is 41.1. The molecular formula is C68H11N. The van der Waals surface area contributed by atoms with E-state index >= 15 is 0 Å². The summed E-state index contributed by atoms with van der Waals surface area (Å²) in [5.41, 5.74) is 9.41. The summed E-state index contributed by atoms with van der Waals surface area (Å²) in [5, 5.41) is 89.9. The first-order valence-corrected chi connectivity index (χ1v) is 25.8. The van der Waals surface area contributed by atoms with Crippen LogP contribution in [0.3, 0.4) is 0 Å². The second-order valence-electron chi connectivity index (χ2n) is 25.5. The molecule has 69 heavy (non-hydrogen) atoms. The number of anilines is 1. The molecule has 0 fully saturated rings. The van der Waals surface area contributed by atoms with Gasteiger partial charge in [0, 0.05) is 25.7 Å². The van der Waals surface area contributed by atoms with Gasteiger partial charge in [0.05, 0.1) is 5.41 Å². The van der Waals surface area contributed by atoms with E-state index in [1.165, 1.54) is 11.3 Å². The predicted octanol–water partition coefficient (Wildman–Crippen LogP) is 18.3. The first kappa shape index (κ1) is 25.6. The van der Waals surface area contributed by atoms with Crippen LogP contribution in [0.15, 0.2) is 24.3 Å². The van der Waals surface area contributed by atoms with Gasteiger partial charge in [-0.3, -0.25) is 0 Å². The molecule has 29 aromatic carbocycles. The van der Waals surface area contributed by atoms with Crippen molar-refractivity contribution in [1.29, 1.82) is 0 Å². The Balaban J connectivity index is 1.19. The van der Waals surface area contributed by atoms with Crippen LogP contribution in [0.4, 0.5) is 5.69 Å². The topological polar surface area (TPSA) is 3.24 Å². The summed E-state index contributed by atoms with van der Waals surface area (Å²) in [6, 6.07) is 10.3. The number of benzene rings is 19. The maximum atomic E-state index is 2.64. The van der Waals surface area contributed by atoms with Gasteiger partial charge in [0.1, 0.15) is 0 Å². The molecule has 0 unspecified atom stereocenters. The fraction of sp³-hybridized carbons (Fsp3) is 0.0588. The summed E-state index contributed by atoms with van der Waals surface area (Å²) in [6.07, 6.45) is 0. The minimum atomic E-state index is -0.337. The first-order chi connectivity index (χ1) is 34.3. The van der Waals surface area contributed by atoms with Gasteiger partial charge in [0.15, 0.2) is 0 Å². The third kappa shape index (κ3) is 1.38. The molecular weight excluding hydrogens is 831 g/mol. The van der Waals surface area contributed by atoms with Gasteiger partial charge >= 0.3 is 0 Å². The van der Waals surface area contributed by atoms with Crippen molar-refractivity contribution in [1.82, 2.24) is 0 Å². The maximum absolute atomic E-state index is 2.64. The highest BCUT2D eigenvalue weighted by molar-refractivity contribution is 6.82. The van der Waals surface area contributed by atoms with Gasteiger partial charge in [-0.2, -0.15) is 0 Å². The molecule has 1 heteroatoms. The van der Waals surface area contributed by atoms with E-state index in [0.717, 1.165) is 0 Å². The van der Waals surface area contributed by atoms with E-state index in [4.69, 9.17) is 0 Å². The quantitative estimate of drug-likeness (QED) is 0.157. The van der Waals surface area contributed by atoms with Crippen molar-refractivity contribution < 1.29 is 0 Å². The molecule has 29 aromatic rings. The highest BCUT2D eigenvalue weighted by Crippen LogP contribution is 2.84. The monoisotopic (exact) mass is 841 g/mol. The predicted molar refractivity (Wildman–Crippen MR) is 295 cm³/mol. The van der Waals surface area contributed by atoms with Crippen LogP contribution < -0.4 is 4.90 Å². The van der Waals surface area contributed by atoms with Crippen molar-refractivity contribution in [3.63, 3.8) is 0 Å². The van der Waals surface area contributed by atoms with Gasteiger partial charge in [-0.1, -0.05) is 12.1 Å². The summed E-state index contributed by atoms with van der Waals surface area (Å²) in [5.74, 6) is 0.230. The second kappa shape index (κ2) is 5.79. The molecule has 0 N–H and O–H groups in total. The molecule has 4 aliphatic rings. The van der Waals surface area contributed by atoms with Crippen molar-refractivity contribution in [2.45, 2.75) is 11.3 Å². The van der Waals surface area contributed by atoms with Gasteiger partial charge in [-0.15, -0.1) is 0 Å². The standard InChI is InChI=1S/C68H11N/c1-69(2)8-5-3-7(4-6-8)68-65-61-55-41-33-25-13-10-9-11-14(13)26-28-24-18(11)20-16-12(9)15-19-17(10)23-27(25)39(41)47-45-31(23)29(19)37-35-21(15)22(16)36-38-30(20)32(24)46-48-40(28)42(34(26)33)56(55)62(65)58(48)60-52(46)50(38)54-44(36)43(35)53-49(37)51(45)59(57(47)61)66(68)63(53)64(54)67(60)68/h3-6,65H,1-2H3. The first-order valence-electron chi connectivity index (χ1n) is 25.8. The SMILES string of the molecule is CN(C)c1ccc(C23c4c5c6c7c8c9c(c%10c%11c2c2c4c4c%12c5c5c6c6c8c8c%13c9c9c%10c%10c%11c%11c2c2c4c4c%12c%12c5c5c6c8c6c8c%13c9c9c%10c%10c%11c2c2c4c4c%12c5c6c5c8c9c%10c2c45)C73)cc1. The highest BCUT2D eigenvalue weighted by atomic mass is 15.1. The Morgan fingerprint density at radius 2 is 0.406 bits per heavy atom. The fourth-order valence-corrected chi connectivity index (χ4v) is 24.7. The third-order valence-corrected chi connectivity index (χ3v) is 25.0. The van der Waals surface area contributed by atoms with Crippen LogP contribution in [0.2, 0.25) is 0 Å². The molecule has 33 rings (SSSR count). The Morgan fingerprint density at radius 3 is 0.623 bits per heavy atom. The van der Waals surface area contributed by atoms with Crippen LogP contribution >= 0.6 is 0 Å². The number of hydrogen-bond acceptors (Lipinski definition) is 1. The van der Waals surface area contributed by atoms with Crippen LogP contribution in [-0.4, -0.2) is 14.1 Å². The van der Waals surface area contributed by atoms with E-state index in [1.807, 2.05) is 0 Å². The van der Waals surface area contributed by atoms with Crippen molar-refractivity contribution in [3.8, 4) is 0 Å². The van der Waals surface area contributed by atoms with Gasteiger partial charge in [0.25, 0.3) is 0 Å². The maximum Gasteiger partial charge on any atom is 0.0586 e. The summed E-state index contributed by atoms with van der Waals surface area (Å²) in [6.45, 7) is 0. The Bertz CT molecular complexity index is 7080. The molecule has 288 valence electrons. The molecule has 0 atom stereocenters. The Hall–Kier alpha value is -8.52. The lowest BCUT2D eigenvalue weighted by molar-refractivity contribution is 0.567. The molecule has 0 radical (unpaired) electrons. The zero-order valence-corrected chi connectivity index (χ0v) is 35.8. The molecule has 0 aromatic heterocycles. The molecule has 1 nitrogen and oxygen atoms in total. The summed E-state index contributed by atoms with van der Waals surface area (Å²) in [7, 11) is 4.45. The zero-order valence-electron chi connectivity index (χ0n) is 35.8.